The van der Waals surface area contributed by atoms with Gasteiger partial charge in [-0.2, -0.15) is 0 Å². The molecule has 14 heteroatoms. The van der Waals surface area contributed by atoms with Gasteiger partial charge >= 0.3 is 5.97 Å². The molecule has 4 aromatic rings. The van der Waals surface area contributed by atoms with Gasteiger partial charge in [0, 0.05) is 86.3 Å². The van der Waals surface area contributed by atoms with Crippen LogP contribution in [-0.4, -0.2) is 77.1 Å². The number of halogens is 2. The minimum Gasteiger partial charge on any atom is -0.496 e. The highest BCUT2D eigenvalue weighted by Crippen LogP contribution is 2.41. The van der Waals surface area contributed by atoms with E-state index in [1.807, 2.05) is 36.2 Å². The molecule has 2 aliphatic heterocycles. The number of aromatic nitrogens is 3. The van der Waals surface area contributed by atoms with Crippen LogP contribution in [0.15, 0.2) is 48.7 Å². The summed E-state index contributed by atoms with van der Waals surface area (Å²) in [6, 6.07) is 13.1. The highest BCUT2D eigenvalue weighted by molar-refractivity contribution is 6.39. The number of carbonyl (C=O) groups excluding carboxylic acids is 3. The molecule has 49 heavy (non-hydrogen) atoms. The summed E-state index contributed by atoms with van der Waals surface area (Å²) < 4.78 is 12.3. The van der Waals surface area contributed by atoms with Gasteiger partial charge in [-0.05, 0) is 24.6 Å². The average molecular weight is 707 g/mol. The van der Waals surface area contributed by atoms with Crippen LogP contribution < -0.4 is 20.7 Å². The topological polar surface area (TPSA) is 140 Å². The maximum Gasteiger partial charge on any atom is 0.319 e. The van der Waals surface area contributed by atoms with Crippen LogP contribution in [0.2, 0.25) is 10.0 Å². The minimum absolute atomic E-state index is 0.0907. The van der Waals surface area contributed by atoms with E-state index in [0.717, 1.165) is 28.9 Å². The molecule has 0 spiro atoms. The van der Waals surface area contributed by atoms with Crippen LogP contribution in [0.1, 0.15) is 40.4 Å². The molecule has 1 atom stereocenters. The monoisotopic (exact) mass is 705 g/mol. The van der Waals surface area contributed by atoms with Crippen molar-refractivity contribution in [2.75, 3.05) is 39.2 Å². The zero-order valence-electron chi connectivity index (χ0n) is 27.4. The predicted octanol–water partition coefficient (Wildman–Crippen LogP) is 4.62. The Hall–Kier alpha value is -4.49. The molecule has 2 amide bonds. The molecule has 1 fully saturated rings. The molecule has 1 saturated heterocycles. The molecule has 0 saturated carbocycles. The molecule has 4 heterocycles. The Morgan fingerprint density at radius 1 is 1.08 bits per heavy atom. The number of nitrogens with zero attached hydrogens (tertiary/aromatic N) is 4. The quantitative estimate of drug-likeness (QED) is 0.191. The molecule has 3 N–H and O–H groups in total. The van der Waals surface area contributed by atoms with Gasteiger partial charge < -0.3 is 30.0 Å². The Kier molecular flexibility index (Phi) is 10.5. The first-order valence-corrected chi connectivity index (χ1v) is 16.7. The fourth-order valence-corrected chi connectivity index (χ4v) is 6.88. The largest absolute Gasteiger partial charge is 0.496 e. The number of carbonyl (C=O) groups is 3. The second kappa shape index (κ2) is 15.0. The van der Waals surface area contributed by atoms with Crippen LogP contribution in [0.4, 0.5) is 5.69 Å². The number of fused-ring (bicyclic) bond motifs is 1. The third-order valence-electron chi connectivity index (χ3n) is 8.90. The SMILES string of the molecule is COC(=O)CN1CCc2c(nc(C(=O)Nc3cccc(-c4ccnc(-c5ccc(CNC[C@@H]6CCC(=O)N6)c(OC)c5)c4Cl)c3Cl)n2C)C1. The van der Waals surface area contributed by atoms with Gasteiger partial charge in [0.2, 0.25) is 5.91 Å². The smallest absolute Gasteiger partial charge is 0.319 e. The van der Waals surface area contributed by atoms with Gasteiger partial charge in [-0.3, -0.25) is 24.3 Å². The molecule has 0 bridgehead atoms. The van der Waals surface area contributed by atoms with Crippen LogP contribution in [0.3, 0.4) is 0 Å². The molecule has 0 radical (unpaired) electrons. The Balaban J connectivity index is 1.19. The molecule has 2 aromatic heterocycles. The number of hydrogen-bond donors (Lipinski definition) is 3. The van der Waals surface area contributed by atoms with Crippen LogP contribution in [0.5, 0.6) is 5.75 Å². The Morgan fingerprint density at radius 2 is 1.90 bits per heavy atom. The van der Waals surface area contributed by atoms with Crippen molar-refractivity contribution in [3.05, 3.63) is 81.5 Å². The van der Waals surface area contributed by atoms with Crippen LogP contribution in [0.25, 0.3) is 22.4 Å². The molecule has 12 nitrogen and oxygen atoms in total. The number of rotatable bonds is 11. The summed E-state index contributed by atoms with van der Waals surface area (Å²) in [5.41, 5.74) is 5.65. The summed E-state index contributed by atoms with van der Waals surface area (Å²) in [5, 5.41) is 9.99. The fraction of sp³-hybridized carbons (Fsp3) is 0.343. The molecule has 6 rings (SSSR count). The summed E-state index contributed by atoms with van der Waals surface area (Å²) in [6.07, 6.45) is 3.70. The summed E-state index contributed by atoms with van der Waals surface area (Å²) in [6.45, 7) is 2.50. The minimum atomic E-state index is -0.411. The van der Waals surface area contributed by atoms with Gasteiger partial charge in [0.1, 0.15) is 5.75 Å². The number of ether oxygens (including phenoxy) is 2. The first-order valence-electron chi connectivity index (χ1n) is 15.9. The molecule has 2 aliphatic rings. The summed E-state index contributed by atoms with van der Waals surface area (Å²) in [5.74, 6) is 0.287. The molecule has 0 unspecified atom stereocenters. The number of imidazole rings is 1. The van der Waals surface area contributed by atoms with Crippen LogP contribution in [-0.2, 0) is 40.9 Å². The van der Waals surface area contributed by atoms with E-state index in [-0.39, 0.29) is 30.3 Å². The van der Waals surface area contributed by atoms with Crippen molar-refractivity contribution in [1.82, 2.24) is 30.1 Å². The summed E-state index contributed by atoms with van der Waals surface area (Å²) >= 11 is 13.9. The standard InChI is InChI=1S/C35H37Cl2N7O5/c1-43-27-12-14-44(19-30(46)49-3)18-26(27)41-34(43)35(47)42-25-6-4-5-23(31(25)36)24-11-13-39-33(32(24)37)20-7-8-21(28(15-20)48-2)16-38-17-22-9-10-29(45)40-22/h4-8,11,13,15,22,38H,9-10,12,14,16-19H2,1-3H3,(H,40,45)(H,42,47)/t22-/m0/s1. The van der Waals surface area contributed by atoms with E-state index >= 15 is 0 Å². The van der Waals surface area contributed by atoms with E-state index in [2.05, 4.69) is 25.9 Å². The number of benzene rings is 2. The van der Waals surface area contributed by atoms with Crippen LogP contribution in [0, 0.1) is 0 Å². The van der Waals surface area contributed by atoms with Gasteiger partial charge in [-0.25, -0.2) is 4.98 Å². The van der Waals surface area contributed by atoms with E-state index in [9.17, 15) is 14.4 Å². The molecular weight excluding hydrogens is 669 g/mol. The third kappa shape index (κ3) is 7.42. The van der Waals surface area contributed by atoms with Gasteiger partial charge in [-0.1, -0.05) is 47.5 Å². The van der Waals surface area contributed by atoms with Gasteiger partial charge in [-0.15, -0.1) is 0 Å². The van der Waals surface area contributed by atoms with Gasteiger partial charge in [0.05, 0.1) is 47.9 Å². The number of amides is 2. The first-order chi connectivity index (χ1) is 23.7. The van der Waals surface area contributed by atoms with Crippen LogP contribution >= 0.6 is 23.2 Å². The van der Waals surface area contributed by atoms with Crippen molar-refractivity contribution < 1.29 is 23.9 Å². The number of anilines is 1. The highest BCUT2D eigenvalue weighted by atomic mass is 35.5. The number of esters is 1. The zero-order valence-corrected chi connectivity index (χ0v) is 29.0. The van der Waals surface area contributed by atoms with E-state index in [1.165, 1.54) is 7.11 Å². The lowest BCUT2D eigenvalue weighted by Gasteiger charge is -2.25. The third-order valence-corrected chi connectivity index (χ3v) is 9.69. The van der Waals surface area contributed by atoms with Crippen molar-refractivity contribution >= 4 is 46.7 Å². The molecular formula is C35H37Cl2N7O5. The van der Waals surface area contributed by atoms with E-state index in [1.54, 1.807) is 36.1 Å². The van der Waals surface area contributed by atoms with Crippen molar-refractivity contribution in [2.24, 2.45) is 7.05 Å². The van der Waals surface area contributed by atoms with Crippen molar-refractivity contribution in [1.29, 1.82) is 0 Å². The number of pyridine rings is 1. The lowest BCUT2D eigenvalue weighted by atomic mass is 10.0. The predicted molar refractivity (Wildman–Crippen MR) is 187 cm³/mol. The Bertz CT molecular complexity index is 1910. The summed E-state index contributed by atoms with van der Waals surface area (Å²) in [7, 11) is 4.79. The van der Waals surface area contributed by atoms with Crippen molar-refractivity contribution in [2.45, 2.75) is 38.4 Å². The second-order valence-electron chi connectivity index (χ2n) is 12.0. The Labute approximate surface area is 294 Å². The van der Waals surface area contributed by atoms with Crippen molar-refractivity contribution in [3.63, 3.8) is 0 Å². The lowest BCUT2D eigenvalue weighted by Crippen LogP contribution is -2.35. The van der Waals surface area contributed by atoms with E-state index < -0.39 is 5.91 Å². The van der Waals surface area contributed by atoms with Crippen molar-refractivity contribution in [3.8, 4) is 28.1 Å². The maximum atomic E-state index is 13.5. The average Bonchev–Trinajstić information content (AvgIpc) is 3.67. The fourth-order valence-electron chi connectivity index (χ4n) is 6.28. The number of methoxy groups -OCH3 is 2. The zero-order chi connectivity index (χ0) is 34.7. The number of hydrogen-bond acceptors (Lipinski definition) is 9. The molecule has 0 aliphatic carbocycles. The maximum absolute atomic E-state index is 13.5. The van der Waals surface area contributed by atoms with Gasteiger partial charge in [0.15, 0.2) is 5.82 Å². The number of nitrogens with one attached hydrogen (secondary N) is 3. The highest BCUT2D eigenvalue weighted by Gasteiger charge is 2.27. The molecule has 2 aromatic carbocycles. The van der Waals surface area contributed by atoms with E-state index in [4.69, 9.17) is 32.7 Å². The second-order valence-corrected chi connectivity index (χ2v) is 12.8. The Morgan fingerprint density at radius 3 is 2.65 bits per heavy atom. The normalized spacial score (nSPS) is 15.9. The van der Waals surface area contributed by atoms with E-state index in [0.29, 0.717) is 77.3 Å². The van der Waals surface area contributed by atoms with Gasteiger partial charge in [0.25, 0.3) is 5.91 Å². The lowest BCUT2D eigenvalue weighted by molar-refractivity contribution is -0.142. The first kappa shape index (κ1) is 34.4. The summed E-state index contributed by atoms with van der Waals surface area (Å²) in [4.78, 5) is 47.9. The molecule has 256 valence electrons.